The molecule has 6 heteroatoms. The molecule has 0 aromatic heterocycles. The Labute approximate surface area is 129 Å². The number of hydrogen-bond acceptors (Lipinski definition) is 5. The van der Waals surface area contributed by atoms with E-state index in [2.05, 4.69) is 16.5 Å². The molecule has 0 aromatic rings. The van der Waals surface area contributed by atoms with Gasteiger partial charge in [0.2, 0.25) is 0 Å². The van der Waals surface area contributed by atoms with Gasteiger partial charge in [-0.1, -0.05) is 71.1 Å². The maximum atomic E-state index is 11.7. The Balaban J connectivity index is 1.79. The van der Waals surface area contributed by atoms with Crippen LogP contribution in [0.1, 0.15) is 77.6 Å². The van der Waals surface area contributed by atoms with Crippen LogP contribution in [-0.4, -0.2) is 19.8 Å². The van der Waals surface area contributed by atoms with Crippen LogP contribution in [0.4, 0.5) is 0 Å². The minimum absolute atomic E-state index is 0.259. The van der Waals surface area contributed by atoms with Gasteiger partial charge in [-0.2, -0.15) is 0 Å². The zero-order valence-electron chi connectivity index (χ0n) is 13.4. The maximum Gasteiger partial charge on any atom is 0.502 e. The standard InChI is InChI=1S/C15H31O5P/c1-2-3-4-5-6-7-8-9-10-11-12-13-18-21(16)19-15-14-17-20-21/h2-15H2,1H3. The fraction of sp³-hybridized carbons (Fsp3) is 1.00. The van der Waals surface area contributed by atoms with Crippen molar-refractivity contribution in [1.29, 1.82) is 0 Å². The first-order chi connectivity index (χ1) is 10.3. The van der Waals surface area contributed by atoms with E-state index in [1.165, 1.54) is 57.8 Å². The van der Waals surface area contributed by atoms with Crippen molar-refractivity contribution in [2.24, 2.45) is 0 Å². The highest BCUT2D eigenvalue weighted by molar-refractivity contribution is 7.48. The fourth-order valence-corrected chi connectivity index (χ4v) is 3.32. The van der Waals surface area contributed by atoms with Crippen LogP contribution in [0.5, 0.6) is 0 Å². The topological polar surface area (TPSA) is 54.0 Å². The van der Waals surface area contributed by atoms with Crippen molar-refractivity contribution < 1.29 is 23.2 Å². The Bertz CT molecular complexity index is 275. The molecular weight excluding hydrogens is 291 g/mol. The van der Waals surface area contributed by atoms with E-state index in [9.17, 15) is 4.57 Å². The average Bonchev–Trinajstić information content (AvgIpc) is 2.49. The van der Waals surface area contributed by atoms with Gasteiger partial charge in [-0.3, -0.25) is 9.05 Å². The van der Waals surface area contributed by atoms with Gasteiger partial charge >= 0.3 is 7.82 Å². The summed E-state index contributed by atoms with van der Waals surface area (Å²) < 4.78 is 26.4. The maximum absolute atomic E-state index is 11.7. The molecule has 0 N–H and O–H groups in total. The zero-order valence-corrected chi connectivity index (χ0v) is 14.3. The summed E-state index contributed by atoms with van der Waals surface area (Å²) in [5.41, 5.74) is 0. The molecule has 21 heavy (non-hydrogen) atoms. The van der Waals surface area contributed by atoms with E-state index in [1.807, 2.05) is 0 Å². The van der Waals surface area contributed by atoms with E-state index >= 15 is 0 Å². The van der Waals surface area contributed by atoms with Gasteiger partial charge in [0.05, 0.1) is 13.2 Å². The van der Waals surface area contributed by atoms with Crippen LogP contribution < -0.4 is 0 Å². The lowest BCUT2D eigenvalue weighted by Crippen LogP contribution is -2.13. The van der Waals surface area contributed by atoms with Gasteiger partial charge in [0, 0.05) is 0 Å². The van der Waals surface area contributed by atoms with Gasteiger partial charge in [0.1, 0.15) is 6.61 Å². The van der Waals surface area contributed by atoms with E-state index in [0.29, 0.717) is 13.2 Å². The van der Waals surface area contributed by atoms with Crippen molar-refractivity contribution in [3.63, 3.8) is 0 Å². The second-order valence-electron chi connectivity index (χ2n) is 5.55. The van der Waals surface area contributed by atoms with Crippen molar-refractivity contribution in [3.8, 4) is 0 Å². The summed E-state index contributed by atoms with van der Waals surface area (Å²) in [4.78, 5) is 4.63. The normalized spacial score (nSPS) is 22.5. The molecule has 1 atom stereocenters. The first-order valence-electron chi connectivity index (χ1n) is 8.47. The first kappa shape index (κ1) is 19.1. The van der Waals surface area contributed by atoms with Crippen LogP contribution in [0.15, 0.2) is 0 Å². The lowest BCUT2D eigenvalue weighted by Gasteiger charge is -2.20. The van der Waals surface area contributed by atoms with Crippen molar-refractivity contribution in [2.75, 3.05) is 19.8 Å². The van der Waals surface area contributed by atoms with Crippen LogP contribution in [0, 0.1) is 0 Å². The lowest BCUT2D eigenvalue weighted by molar-refractivity contribution is -0.253. The fourth-order valence-electron chi connectivity index (χ4n) is 2.31. The molecule has 0 amide bonds. The van der Waals surface area contributed by atoms with Crippen LogP contribution in [0.25, 0.3) is 0 Å². The number of phosphoric ester groups is 1. The summed E-state index contributed by atoms with van der Waals surface area (Å²) in [6, 6.07) is 0. The van der Waals surface area contributed by atoms with Crippen molar-refractivity contribution in [2.45, 2.75) is 77.6 Å². The molecule has 0 bridgehead atoms. The van der Waals surface area contributed by atoms with E-state index in [-0.39, 0.29) is 6.61 Å². The van der Waals surface area contributed by atoms with Crippen molar-refractivity contribution in [1.82, 2.24) is 0 Å². The second-order valence-corrected chi connectivity index (χ2v) is 7.11. The zero-order chi connectivity index (χ0) is 15.2. The summed E-state index contributed by atoms with van der Waals surface area (Å²) in [7, 11) is -3.42. The van der Waals surface area contributed by atoms with E-state index < -0.39 is 7.82 Å². The van der Waals surface area contributed by atoms with Crippen LogP contribution in [-0.2, 0) is 23.2 Å². The number of unbranched alkanes of at least 4 members (excludes halogenated alkanes) is 10. The highest BCUT2D eigenvalue weighted by Crippen LogP contribution is 2.51. The molecule has 5 nitrogen and oxygen atoms in total. The quantitative estimate of drug-likeness (QED) is 0.258. The Hall–Kier alpha value is 0.0700. The highest BCUT2D eigenvalue weighted by Gasteiger charge is 2.31. The summed E-state index contributed by atoms with van der Waals surface area (Å²) in [6.07, 6.45) is 14.0. The Kier molecular flexibility index (Phi) is 11.5. The third kappa shape index (κ3) is 10.4. The first-order valence-corrected chi connectivity index (χ1v) is 9.93. The molecule has 1 heterocycles. The number of hydrogen-bond donors (Lipinski definition) is 0. The largest absolute Gasteiger partial charge is 0.502 e. The highest BCUT2D eigenvalue weighted by atomic mass is 31.2. The number of rotatable bonds is 13. The predicted molar refractivity (Wildman–Crippen MR) is 83.0 cm³/mol. The molecule has 1 fully saturated rings. The van der Waals surface area contributed by atoms with Crippen molar-refractivity contribution >= 4 is 7.82 Å². The van der Waals surface area contributed by atoms with Gasteiger partial charge in [-0.25, -0.2) is 9.45 Å². The third-order valence-corrected chi connectivity index (χ3v) is 4.84. The molecule has 1 unspecified atom stereocenters. The van der Waals surface area contributed by atoms with Gasteiger partial charge in [0.15, 0.2) is 0 Å². The molecule has 1 aliphatic rings. The Morgan fingerprint density at radius 2 is 1.43 bits per heavy atom. The summed E-state index contributed by atoms with van der Waals surface area (Å²) in [5.74, 6) is 0. The molecule has 1 saturated heterocycles. The molecule has 0 spiro atoms. The second kappa shape index (κ2) is 12.6. The molecule has 0 saturated carbocycles. The Morgan fingerprint density at radius 3 is 1.95 bits per heavy atom. The van der Waals surface area contributed by atoms with Gasteiger partial charge in [0.25, 0.3) is 0 Å². The van der Waals surface area contributed by atoms with Crippen LogP contribution >= 0.6 is 7.82 Å². The third-order valence-electron chi connectivity index (χ3n) is 3.56. The predicted octanol–water partition coefficient (Wildman–Crippen LogP) is 5.40. The summed E-state index contributed by atoms with van der Waals surface area (Å²) in [5, 5.41) is 0. The minimum atomic E-state index is -3.42. The minimum Gasteiger partial charge on any atom is -0.285 e. The van der Waals surface area contributed by atoms with E-state index in [4.69, 9.17) is 9.05 Å². The van der Waals surface area contributed by atoms with E-state index in [0.717, 1.165) is 12.8 Å². The molecule has 1 aliphatic heterocycles. The van der Waals surface area contributed by atoms with Gasteiger partial charge in [-0.05, 0) is 6.42 Å². The molecule has 126 valence electrons. The molecule has 1 rings (SSSR count). The Morgan fingerprint density at radius 1 is 0.857 bits per heavy atom. The monoisotopic (exact) mass is 322 g/mol. The van der Waals surface area contributed by atoms with E-state index in [1.54, 1.807) is 0 Å². The SMILES string of the molecule is CCCCCCCCCCCCCOP1(=O)OCCOO1. The van der Waals surface area contributed by atoms with Gasteiger partial charge < -0.3 is 0 Å². The molecular formula is C15H31O5P. The summed E-state index contributed by atoms with van der Waals surface area (Å²) in [6.45, 7) is 3.21. The smallest absolute Gasteiger partial charge is 0.285 e. The van der Waals surface area contributed by atoms with Gasteiger partial charge in [-0.15, -0.1) is 4.67 Å². The lowest BCUT2D eigenvalue weighted by atomic mass is 10.1. The molecule has 0 aliphatic carbocycles. The van der Waals surface area contributed by atoms with Crippen LogP contribution in [0.2, 0.25) is 0 Å². The van der Waals surface area contributed by atoms with Crippen molar-refractivity contribution in [3.05, 3.63) is 0 Å². The van der Waals surface area contributed by atoms with Crippen LogP contribution in [0.3, 0.4) is 0 Å². The number of phosphoric acid groups is 1. The average molecular weight is 322 g/mol. The molecule has 0 radical (unpaired) electrons. The molecule has 0 aromatic carbocycles. The summed E-state index contributed by atoms with van der Waals surface area (Å²) >= 11 is 0.